The standard InChI is InChI=1S/C6H6.C2H7N.ClH/c1-2-4-6-5-3-1;1-3-2;/h1-6H;3H,1-2H3;1H. The molecule has 0 amide bonds. The minimum Gasteiger partial charge on any atom is -0.323 e. The molecule has 1 aromatic carbocycles. The molecule has 0 aliphatic rings. The van der Waals surface area contributed by atoms with Crippen molar-refractivity contribution in [3.8, 4) is 0 Å². The number of halogens is 1. The second kappa shape index (κ2) is 11.3. The van der Waals surface area contributed by atoms with Gasteiger partial charge in [-0.05, 0) is 14.1 Å². The van der Waals surface area contributed by atoms with Crippen molar-refractivity contribution in [3.63, 3.8) is 0 Å². The van der Waals surface area contributed by atoms with Gasteiger partial charge in [0.2, 0.25) is 0 Å². The van der Waals surface area contributed by atoms with Crippen molar-refractivity contribution in [1.29, 1.82) is 0 Å². The number of hydrogen-bond donors (Lipinski definition) is 1. The average Bonchev–Trinajstić information content (AvgIpc) is 1.93. The lowest BCUT2D eigenvalue weighted by atomic mass is 10.4. The molecule has 0 fully saturated rings. The second-order valence-corrected chi connectivity index (χ2v) is 1.65. The molecule has 0 aromatic heterocycles. The molecule has 0 aliphatic heterocycles. The maximum absolute atomic E-state index is 2.75. The molecule has 0 radical (unpaired) electrons. The van der Waals surface area contributed by atoms with Crippen LogP contribution in [0.15, 0.2) is 36.4 Å². The van der Waals surface area contributed by atoms with E-state index >= 15 is 0 Å². The zero-order valence-corrected chi connectivity index (χ0v) is 7.19. The molecular formula is C8H14ClN. The van der Waals surface area contributed by atoms with Gasteiger partial charge in [0.15, 0.2) is 0 Å². The highest BCUT2D eigenvalue weighted by Gasteiger charge is 1.57. The quantitative estimate of drug-likeness (QED) is 0.610. The molecule has 0 heterocycles. The van der Waals surface area contributed by atoms with Crippen molar-refractivity contribution in [3.05, 3.63) is 36.4 Å². The van der Waals surface area contributed by atoms with Gasteiger partial charge in [0, 0.05) is 0 Å². The van der Waals surface area contributed by atoms with E-state index in [0.29, 0.717) is 0 Å². The Morgan fingerprint density at radius 2 is 0.800 bits per heavy atom. The Labute approximate surface area is 68.9 Å². The maximum Gasteiger partial charge on any atom is -0.0167 e. The van der Waals surface area contributed by atoms with Crippen molar-refractivity contribution in [2.24, 2.45) is 0 Å². The smallest absolute Gasteiger partial charge is 0.0167 e. The third-order valence-corrected chi connectivity index (χ3v) is 0.667. The van der Waals surface area contributed by atoms with E-state index in [1.165, 1.54) is 0 Å². The Balaban J connectivity index is 0. The Morgan fingerprint density at radius 3 is 0.900 bits per heavy atom. The molecular weight excluding hydrogens is 146 g/mol. The first-order chi connectivity index (χ1) is 4.41. The zero-order chi connectivity index (χ0) is 6.95. The summed E-state index contributed by atoms with van der Waals surface area (Å²) in [5.74, 6) is 0. The fourth-order valence-corrected chi connectivity index (χ4v) is 0.385. The van der Waals surface area contributed by atoms with Gasteiger partial charge in [-0.2, -0.15) is 0 Å². The van der Waals surface area contributed by atoms with Gasteiger partial charge in [0.1, 0.15) is 0 Å². The van der Waals surface area contributed by atoms with Gasteiger partial charge in [0.25, 0.3) is 0 Å². The summed E-state index contributed by atoms with van der Waals surface area (Å²) >= 11 is 0. The van der Waals surface area contributed by atoms with Crippen LogP contribution in [0.1, 0.15) is 0 Å². The van der Waals surface area contributed by atoms with E-state index in [0.717, 1.165) is 0 Å². The summed E-state index contributed by atoms with van der Waals surface area (Å²) in [7, 11) is 3.75. The molecule has 1 aromatic rings. The summed E-state index contributed by atoms with van der Waals surface area (Å²) in [5.41, 5.74) is 0. The average molecular weight is 160 g/mol. The van der Waals surface area contributed by atoms with Gasteiger partial charge >= 0.3 is 0 Å². The lowest BCUT2D eigenvalue weighted by Crippen LogP contribution is -1.89. The van der Waals surface area contributed by atoms with Gasteiger partial charge in [-0.15, -0.1) is 12.4 Å². The first kappa shape index (κ1) is 12.2. The molecule has 0 spiro atoms. The van der Waals surface area contributed by atoms with Crippen LogP contribution in [-0.4, -0.2) is 14.1 Å². The number of benzene rings is 1. The highest BCUT2D eigenvalue weighted by atomic mass is 35.5. The maximum atomic E-state index is 2.75. The summed E-state index contributed by atoms with van der Waals surface area (Å²) in [5, 5.41) is 2.75. The van der Waals surface area contributed by atoms with Gasteiger partial charge in [0.05, 0.1) is 0 Å². The Morgan fingerprint density at radius 1 is 0.700 bits per heavy atom. The minimum absolute atomic E-state index is 0. The molecule has 0 saturated carbocycles. The third kappa shape index (κ3) is 10.5. The lowest BCUT2D eigenvalue weighted by Gasteiger charge is -1.69. The second-order valence-electron chi connectivity index (χ2n) is 1.65. The van der Waals surface area contributed by atoms with Crippen LogP contribution >= 0.6 is 12.4 Å². The van der Waals surface area contributed by atoms with Crippen LogP contribution in [0.4, 0.5) is 0 Å². The number of rotatable bonds is 0. The van der Waals surface area contributed by atoms with Crippen LogP contribution in [0.2, 0.25) is 0 Å². The van der Waals surface area contributed by atoms with Crippen LogP contribution in [0.5, 0.6) is 0 Å². The molecule has 10 heavy (non-hydrogen) atoms. The highest BCUT2D eigenvalue weighted by Crippen LogP contribution is 1.79. The first-order valence-electron chi connectivity index (χ1n) is 3.00. The molecule has 0 aliphatic carbocycles. The molecule has 1 N–H and O–H groups in total. The molecule has 0 saturated heterocycles. The normalized spacial score (nSPS) is 6.60. The molecule has 1 rings (SSSR count). The summed E-state index contributed by atoms with van der Waals surface area (Å²) < 4.78 is 0. The lowest BCUT2D eigenvalue weighted by molar-refractivity contribution is 1.02. The van der Waals surface area contributed by atoms with E-state index in [9.17, 15) is 0 Å². The summed E-state index contributed by atoms with van der Waals surface area (Å²) in [6, 6.07) is 12.0. The van der Waals surface area contributed by atoms with Gasteiger partial charge < -0.3 is 5.32 Å². The summed E-state index contributed by atoms with van der Waals surface area (Å²) in [6.07, 6.45) is 0. The fourth-order valence-electron chi connectivity index (χ4n) is 0.385. The molecule has 1 nitrogen and oxygen atoms in total. The molecule has 0 atom stereocenters. The number of hydrogen-bond acceptors (Lipinski definition) is 1. The van der Waals surface area contributed by atoms with Crippen LogP contribution in [0.3, 0.4) is 0 Å². The SMILES string of the molecule is CNC.Cl.c1ccccc1. The Hall–Kier alpha value is -0.530. The van der Waals surface area contributed by atoms with E-state index in [1.807, 2.05) is 50.5 Å². The van der Waals surface area contributed by atoms with Crippen molar-refractivity contribution in [2.45, 2.75) is 0 Å². The van der Waals surface area contributed by atoms with Crippen molar-refractivity contribution in [2.75, 3.05) is 14.1 Å². The predicted molar refractivity (Wildman–Crippen MR) is 48.7 cm³/mol. The molecule has 0 unspecified atom stereocenters. The Bertz CT molecular complexity index is 92.1. The predicted octanol–water partition coefficient (Wildman–Crippen LogP) is 1.94. The molecule has 2 heteroatoms. The Kier molecular flexibility index (Phi) is 13.7. The van der Waals surface area contributed by atoms with Crippen LogP contribution in [0.25, 0.3) is 0 Å². The van der Waals surface area contributed by atoms with Crippen molar-refractivity contribution in [1.82, 2.24) is 5.32 Å². The monoisotopic (exact) mass is 159 g/mol. The third-order valence-electron chi connectivity index (χ3n) is 0.667. The fraction of sp³-hybridized carbons (Fsp3) is 0.250. The largest absolute Gasteiger partial charge is 0.323 e. The van der Waals surface area contributed by atoms with Crippen LogP contribution in [0, 0.1) is 0 Å². The number of nitrogens with one attached hydrogen (secondary N) is 1. The van der Waals surface area contributed by atoms with Crippen molar-refractivity contribution >= 4 is 12.4 Å². The topological polar surface area (TPSA) is 12.0 Å². The molecule has 58 valence electrons. The van der Waals surface area contributed by atoms with Crippen molar-refractivity contribution < 1.29 is 0 Å². The van der Waals surface area contributed by atoms with E-state index in [2.05, 4.69) is 5.32 Å². The highest BCUT2D eigenvalue weighted by molar-refractivity contribution is 5.85. The summed E-state index contributed by atoms with van der Waals surface area (Å²) in [4.78, 5) is 0. The first-order valence-corrected chi connectivity index (χ1v) is 3.00. The van der Waals surface area contributed by atoms with E-state index in [1.54, 1.807) is 0 Å². The molecule has 0 bridgehead atoms. The van der Waals surface area contributed by atoms with Gasteiger partial charge in [-0.25, -0.2) is 0 Å². The van der Waals surface area contributed by atoms with E-state index in [4.69, 9.17) is 0 Å². The summed E-state index contributed by atoms with van der Waals surface area (Å²) in [6.45, 7) is 0. The zero-order valence-electron chi connectivity index (χ0n) is 6.37. The van der Waals surface area contributed by atoms with E-state index in [-0.39, 0.29) is 12.4 Å². The van der Waals surface area contributed by atoms with Crippen LogP contribution < -0.4 is 5.32 Å². The van der Waals surface area contributed by atoms with Gasteiger partial charge in [-0.3, -0.25) is 0 Å². The van der Waals surface area contributed by atoms with Gasteiger partial charge in [-0.1, -0.05) is 36.4 Å². The minimum atomic E-state index is 0. The van der Waals surface area contributed by atoms with E-state index < -0.39 is 0 Å². The van der Waals surface area contributed by atoms with Crippen LogP contribution in [-0.2, 0) is 0 Å².